The van der Waals surface area contributed by atoms with Crippen LogP contribution in [0, 0.1) is 0 Å². The van der Waals surface area contributed by atoms with E-state index in [0.717, 1.165) is 17.2 Å². The van der Waals surface area contributed by atoms with Crippen molar-refractivity contribution in [2.45, 2.75) is 25.1 Å². The van der Waals surface area contributed by atoms with E-state index >= 15 is 0 Å². The Kier molecular flexibility index (Phi) is 5.11. The van der Waals surface area contributed by atoms with Crippen molar-refractivity contribution in [1.29, 1.82) is 0 Å². The van der Waals surface area contributed by atoms with E-state index in [1.807, 2.05) is 18.8 Å². The highest BCUT2D eigenvalue weighted by Gasteiger charge is 2.19. The Morgan fingerprint density at radius 1 is 1.62 bits per heavy atom. The molecule has 5 nitrogen and oxygen atoms in total. The van der Waals surface area contributed by atoms with E-state index in [-0.39, 0.29) is 6.04 Å². The summed E-state index contributed by atoms with van der Waals surface area (Å²) in [6.07, 6.45) is 1.71. The number of nitrogens with two attached hydrogens (primary N) is 1. The molecule has 1 heterocycles. The lowest BCUT2D eigenvalue weighted by Crippen LogP contribution is -2.31. The second-order valence-corrected chi connectivity index (χ2v) is 5.43. The maximum Gasteiger partial charge on any atom is 0.161 e. The molecule has 0 saturated heterocycles. The van der Waals surface area contributed by atoms with E-state index in [2.05, 4.69) is 24.4 Å². The number of rotatable bonds is 6. The number of thioether (sulfide) groups is 1. The highest BCUT2D eigenvalue weighted by atomic mass is 32.2. The minimum atomic E-state index is 0.0508. The van der Waals surface area contributed by atoms with Crippen molar-refractivity contribution < 1.29 is 4.74 Å². The number of methoxy groups -OCH3 is 1. The van der Waals surface area contributed by atoms with Crippen LogP contribution in [0.3, 0.4) is 0 Å². The largest absolute Gasteiger partial charge is 0.493 e. The standard InChI is InChI=1S/C10H20N4OS/c1-7(2)16-6-8(13-11)10-9(15-4)5-12-14(10)3/h5,7-8,13H,6,11H2,1-4H3. The average Bonchev–Trinajstić information content (AvgIpc) is 2.61. The molecule has 0 aliphatic rings. The van der Waals surface area contributed by atoms with E-state index < -0.39 is 0 Å². The summed E-state index contributed by atoms with van der Waals surface area (Å²) in [6.45, 7) is 4.33. The van der Waals surface area contributed by atoms with Gasteiger partial charge in [-0.2, -0.15) is 16.9 Å². The molecule has 16 heavy (non-hydrogen) atoms. The number of nitrogens with zero attached hydrogens (tertiary/aromatic N) is 2. The van der Waals surface area contributed by atoms with E-state index in [9.17, 15) is 0 Å². The molecule has 6 heteroatoms. The molecule has 0 spiro atoms. The third-order valence-corrected chi connectivity index (χ3v) is 3.49. The van der Waals surface area contributed by atoms with Gasteiger partial charge in [0.25, 0.3) is 0 Å². The molecule has 0 aliphatic carbocycles. The molecule has 0 saturated carbocycles. The lowest BCUT2D eigenvalue weighted by atomic mass is 10.2. The molecular weight excluding hydrogens is 224 g/mol. The van der Waals surface area contributed by atoms with Crippen LogP contribution in [0.25, 0.3) is 0 Å². The average molecular weight is 244 g/mol. The molecule has 0 radical (unpaired) electrons. The lowest BCUT2D eigenvalue weighted by molar-refractivity contribution is 0.399. The highest BCUT2D eigenvalue weighted by Crippen LogP contribution is 2.27. The Hall–Kier alpha value is -0.720. The van der Waals surface area contributed by atoms with Gasteiger partial charge in [-0.15, -0.1) is 0 Å². The van der Waals surface area contributed by atoms with Gasteiger partial charge in [-0.1, -0.05) is 13.8 Å². The first-order chi connectivity index (χ1) is 7.60. The highest BCUT2D eigenvalue weighted by molar-refractivity contribution is 7.99. The van der Waals surface area contributed by atoms with Gasteiger partial charge < -0.3 is 4.74 Å². The van der Waals surface area contributed by atoms with Gasteiger partial charge in [-0.05, 0) is 5.25 Å². The Bertz CT molecular complexity index is 327. The van der Waals surface area contributed by atoms with Gasteiger partial charge in [0.05, 0.1) is 25.0 Å². The minimum absolute atomic E-state index is 0.0508. The number of ether oxygens (including phenoxy) is 1. The molecular formula is C10H20N4OS. The van der Waals surface area contributed by atoms with Crippen LogP contribution in [-0.2, 0) is 7.05 Å². The van der Waals surface area contributed by atoms with Gasteiger partial charge in [-0.3, -0.25) is 16.0 Å². The first-order valence-corrected chi connectivity index (χ1v) is 6.28. The summed E-state index contributed by atoms with van der Waals surface area (Å²) in [5, 5.41) is 4.75. The first kappa shape index (κ1) is 13.3. The molecule has 0 aromatic carbocycles. The maximum atomic E-state index is 5.58. The lowest BCUT2D eigenvalue weighted by Gasteiger charge is -2.18. The van der Waals surface area contributed by atoms with Crippen molar-refractivity contribution in [3.8, 4) is 5.75 Å². The van der Waals surface area contributed by atoms with Crippen LogP contribution >= 0.6 is 11.8 Å². The normalized spacial score (nSPS) is 13.1. The van der Waals surface area contributed by atoms with Gasteiger partial charge in [0.1, 0.15) is 0 Å². The maximum absolute atomic E-state index is 5.58. The Balaban J connectivity index is 2.81. The van der Waals surface area contributed by atoms with Crippen LogP contribution in [0.4, 0.5) is 0 Å². The molecule has 92 valence electrons. The monoisotopic (exact) mass is 244 g/mol. The fourth-order valence-electron chi connectivity index (χ4n) is 1.48. The second-order valence-electron chi connectivity index (χ2n) is 3.82. The number of hydrazine groups is 1. The fourth-order valence-corrected chi connectivity index (χ4v) is 2.31. The van der Waals surface area contributed by atoms with E-state index in [1.165, 1.54) is 0 Å². The second kappa shape index (κ2) is 6.12. The third-order valence-electron chi connectivity index (χ3n) is 2.30. The van der Waals surface area contributed by atoms with E-state index in [4.69, 9.17) is 10.6 Å². The van der Waals surface area contributed by atoms with Crippen molar-refractivity contribution in [2.24, 2.45) is 12.9 Å². The quantitative estimate of drug-likeness (QED) is 0.579. The molecule has 0 fully saturated rings. The topological polar surface area (TPSA) is 65.1 Å². The Labute approximate surface area is 101 Å². The zero-order valence-electron chi connectivity index (χ0n) is 10.2. The summed E-state index contributed by atoms with van der Waals surface area (Å²) in [6, 6.07) is 0.0508. The number of hydrogen-bond donors (Lipinski definition) is 2. The van der Waals surface area contributed by atoms with Crippen molar-refractivity contribution in [1.82, 2.24) is 15.2 Å². The predicted molar refractivity (Wildman–Crippen MR) is 67.4 cm³/mol. The van der Waals surface area contributed by atoms with Crippen LogP contribution in [0.15, 0.2) is 6.20 Å². The van der Waals surface area contributed by atoms with Crippen LogP contribution in [0.5, 0.6) is 5.75 Å². The van der Waals surface area contributed by atoms with E-state index in [1.54, 1.807) is 18.0 Å². The number of aryl methyl sites for hydroxylation is 1. The molecule has 1 unspecified atom stereocenters. The smallest absolute Gasteiger partial charge is 0.161 e. The number of aromatic nitrogens is 2. The molecule has 0 bridgehead atoms. The van der Waals surface area contributed by atoms with E-state index in [0.29, 0.717) is 5.25 Å². The predicted octanol–water partition coefficient (Wildman–Crippen LogP) is 1.07. The van der Waals surface area contributed by atoms with Gasteiger partial charge >= 0.3 is 0 Å². The molecule has 1 aromatic rings. The summed E-state index contributed by atoms with van der Waals surface area (Å²) in [7, 11) is 3.53. The van der Waals surface area contributed by atoms with Crippen LogP contribution in [-0.4, -0.2) is 27.9 Å². The molecule has 1 aromatic heterocycles. The summed E-state index contributed by atoms with van der Waals surface area (Å²) in [5.41, 5.74) is 3.80. The minimum Gasteiger partial charge on any atom is -0.493 e. The third kappa shape index (κ3) is 3.13. The Morgan fingerprint density at radius 3 is 2.81 bits per heavy atom. The first-order valence-electron chi connectivity index (χ1n) is 5.23. The van der Waals surface area contributed by atoms with Gasteiger partial charge in [0.2, 0.25) is 0 Å². The molecule has 1 atom stereocenters. The van der Waals surface area contributed by atoms with Crippen LogP contribution in [0.1, 0.15) is 25.6 Å². The number of nitrogens with one attached hydrogen (secondary N) is 1. The van der Waals surface area contributed by atoms with Crippen molar-refractivity contribution >= 4 is 11.8 Å². The molecule has 1 rings (SSSR count). The summed E-state index contributed by atoms with van der Waals surface area (Å²) < 4.78 is 7.06. The summed E-state index contributed by atoms with van der Waals surface area (Å²) in [5.74, 6) is 7.25. The Morgan fingerprint density at radius 2 is 2.31 bits per heavy atom. The van der Waals surface area contributed by atoms with Gasteiger partial charge in [0, 0.05) is 12.8 Å². The van der Waals surface area contributed by atoms with Gasteiger partial charge in [-0.25, -0.2) is 0 Å². The molecule has 0 aliphatic heterocycles. The number of hydrogen-bond acceptors (Lipinski definition) is 5. The van der Waals surface area contributed by atoms with Crippen LogP contribution < -0.4 is 16.0 Å². The fraction of sp³-hybridized carbons (Fsp3) is 0.700. The van der Waals surface area contributed by atoms with Crippen molar-refractivity contribution in [3.05, 3.63) is 11.9 Å². The van der Waals surface area contributed by atoms with Crippen molar-refractivity contribution in [2.75, 3.05) is 12.9 Å². The van der Waals surface area contributed by atoms with Gasteiger partial charge in [0.15, 0.2) is 5.75 Å². The molecule has 0 amide bonds. The molecule has 3 N–H and O–H groups in total. The SMILES string of the molecule is COc1cnn(C)c1C(CSC(C)C)NN. The van der Waals surface area contributed by atoms with Crippen molar-refractivity contribution in [3.63, 3.8) is 0 Å². The summed E-state index contributed by atoms with van der Waals surface area (Å²) in [4.78, 5) is 0. The summed E-state index contributed by atoms with van der Waals surface area (Å²) >= 11 is 1.85. The zero-order chi connectivity index (χ0) is 12.1. The zero-order valence-corrected chi connectivity index (χ0v) is 11.0. The van der Waals surface area contributed by atoms with Crippen LogP contribution in [0.2, 0.25) is 0 Å².